The minimum atomic E-state index is -4.21. The molecule has 0 radical (unpaired) electrons. The molecule has 3 rings (SSSR count). The Labute approximate surface area is 146 Å². The molecule has 3 aliphatic rings. The fourth-order valence-corrected chi connectivity index (χ4v) is 4.27. The number of carbonyl (C=O) groups excluding carboxylic acids is 1. The Bertz CT molecular complexity index is 560. The van der Waals surface area contributed by atoms with Crippen LogP contribution in [0.1, 0.15) is 39.0 Å². The van der Waals surface area contributed by atoms with E-state index in [2.05, 4.69) is 0 Å². The van der Waals surface area contributed by atoms with Crippen molar-refractivity contribution in [1.29, 1.82) is 0 Å². The van der Waals surface area contributed by atoms with Crippen LogP contribution in [0.2, 0.25) is 0 Å². The molecule has 2 fully saturated rings. The molecule has 0 saturated carbocycles. The molecule has 1 aliphatic carbocycles. The molecule has 0 aromatic heterocycles. The van der Waals surface area contributed by atoms with Crippen molar-refractivity contribution in [2.75, 3.05) is 20.6 Å². The normalized spacial score (nSPS) is 40.8. The highest BCUT2D eigenvalue weighted by atomic mass is 19.4. The van der Waals surface area contributed by atoms with E-state index in [0.717, 1.165) is 0 Å². The molecule has 0 aromatic rings. The van der Waals surface area contributed by atoms with Gasteiger partial charge >= 0.3 is 12.1 Å². The second-order valence-corrected chi connectivity index (χ2v) is 8.02. The van der Waals surface area contributed by atoms with Gasteiger partial charge in [-0.25, -0.2) is 0 Å². The maximum Gasteiger partial charge on any atom is 0.392 e. The standard InChI is InChI=1S/C18H26F3NO3/c1-17-8-4-5-11(9-18(19,20)21)6-7-12-13(10-22(2)3)16(23)24-14(12)15(17)25-17/h5,12-15H,4,6-10H2,1-3H3/b11-5+/t12-,13?,14-,15-,17+/m0/s1. The Balaban J connectivity index is 1.81. The smallest absolute Gasteiger partial charge is 0.392 e. The molecule has 2 saturated heterocycles. The van der Waals surface area contributed by atoms with Crippen molar-refractivity contribution in [2.24, 2.45) is 11.8 Å². The number of ether oxygens (including phenoxy) is 2. The van der Waals surface area contributed by atoms with Crippen LogP contribution >= 0.6 is 0 Å². The third kappa shape index (κ3) is 4.19. The molecule has 142 valence electrons. The van der Waals surface area contributed by atoms with E-state index in [-0.39, 0.29) is 30.0 Å². The van der Waals surface area contributed by atoms with Gasteiger partial charge in [-0.2, -0.15) is 13.2 Å². The maximum absolute atomic E-state index is 12.8. The van der Waals surface area contributed by atoms with Crippen molar-refractivity contribution >= 4 is 5.97 Å². The third-order valence-electron chi connectivity index (χ3n) is 5.59. The predicted molar refractivity (Wildman–Crippen MR) is 85.9 cm³/mol. The van der Waals surface area contributed by atoms with E-state index < -0.39 is 18.2 Å². The monoisotopic (exact) mass is 361 g/mol. The Kier molecular flexibility index (Phi) is 4.92. The van der Waals surface area contributed by atoms with Crippen molar-refractivity contribution in [2.45, 2.75) is 63.0 Å². The summed E-state index contributed by atoms with van der Waals surface area (Å²) in [6.07, 6.45) is -1.75. The molecule has 7 heteroatoms. The molecule has 0 amide bonds. The largest absolute Gasteiger partial charge is 0.459 e. The Morgan fingerprint density at radius 1 is 1.36 bits per heavy atom. The summed E-state index contributed by atoms with van der Waals surface area (Å²) >= 11 is 0. The van der Waals surface area contributed by atoms with Gasteiger partial charge in [-0.3, -0.25) is 4.79 Å². The van der Waals surface area contributed by atoms with Crippen LogP contribution in [0, 0.1) is 11.8 Å². The zero-order chi connectivity index (χ0) is 18.4. The van der Waals surface area contributed by atoms with Gasteiger partial charge in [0.15, 0.2) is 0 Å². The first-order chi connectivity index (χ1) is 11.6. The Hall–Kier alpha value is -1.08. The van der Waals surface area contributed by atoms with Crippen molar-refractivity contribution in [3.63, 3.8) is 0 Å². The van der Waals surface area contributed by atoms with Crippen LogP contribution in [-0.2, 0) is 14.3 Å². The highest BCUT2D eigenvalue weighted by Gasteiger charge is 2.62. The van der Waals surface area contributed by atoms with Crippen molar-refractivity contribution in [1.82, 2.24) is 4.90 Å². The molecule has 1 unspecified atom stereocenters. The van der Waals surface area contributed by atoms with Gasteiger partial charge in [0.2, 0.25) is 0 Å². The van der Waals surface area contributed by atoms with Gasteiger partial charge in [-0.1, -0.05) is 11.6 Å². The molecule has 0 N–H and O–H groups in total. The number of fused-ring (bicyclic) bond motifs is 3. The third-order valence-corrected chi connectivity index (χ3v) is 5.59. The topological polar surface area (TPSA) is 42.1 Å². The number of hydrogen-bond donors (Lipinski definition) is 0. The van der Waals surface area contributed by atoms with Crippen molar-refractivity contribution in [3.05, 3.63) is 11.6 Å². The number of rotatable bonds is 3. The zero-order valence-electron chi connectivity index (χ0n) is 14.9. The lowest BCUT2D eigenvalue weighted by molar-refractivity contribution is -0.145. The van der Waals surface area contributed by atoms with Gasteiger partial charge < -0.3 is 14.4 Å². The average molecular weight is 361 g/mol. The summed E-state index contributed by atoms with van der Waals surface area (Å²) in [5, 5.41) is 0. The molecule has 5 atom stereocenters. The molecule has 0 bridgehead atoms. The number of hydrogen-bond acceptors (Lipinski definition) is 4. The van der Waals surface area contributed by atoms with E-state index in [4.69, 9.17) is 9.47 Å². The second-order valence-electron chi connectivity index (χ2n) is 8.02. The fourth-order valence-electron chi connectivity index (χ4n) is 4.27. The van der Waals surface area contributed by atoms with E-state index >= 15 is 0 Å². The zero-order valence-corrected chi connectivity index (χ0v) is 14.9. The van der Waals surface area contributed by atoms with E-state index in [1.807, 2.05) is 25.9 Å². The summed E-state index contributed by atoms with van der Waals surface area (Å²) < 4.78 is 50.0. The SMILES string of the molecule is CN(C)CC1C(=O)O[C@H]2[C@H]1CC/C(CC(F)(F)F)=C\CC[C@@]1(C)O[C@@H]21. The van der Waals surface area contributed by atoms with E-state index in [9.17, 15) is 18.0 Å². The predicted octanol–water partition coefficient (Wildman–Crippen LogP) is 3.32. The van der Waals surface area contributed by atoms with Crippen LogP contribution in [0.4, 0.5) is 13.2 Å². The lowest BCUT2D eigenvalue weighted by Gasteiger charge is -2.24. The number of allylic oxidation sites excluding steroid dienone is 2. The molecular formula is C18H26F3NO3. The summed E-state index contributed by atoms with van der Waals surface area (Å²) in [5.74, 6) is -0.654. The lowest BCUT2D eigenvalue weighted by Crippen LogP contribution is -2.34. The van der Waals surface area contributed by atoms with Crippen LogP contribution in [0.15, 0.2) is 11.6 Å². The van der Waals surface area contributed by atoms with Crippen LogP contribution in [0.3, 0.4) is 0 Å². The summed E-state index contributed by atoms with van der Waals surface area (Å²) in [6.45, 7) is 2.50. The number of carbonyl (C=O) groups is 1. The van der Waals surface area contributed by atoms with Gasteiger partial charge in [-0.15, -0.1) is 0 Å². The Morgan fingerprint density at radius 3 is 2.72 bits per heavy atom. The second kappa shape index (κ2) is 6.58. The van der Waals surface area contributed by atoms with E-state index in [1.54, 1.807) is 6.08 Å². The highest BCUT2D eigenvalue weighted by molar-refractivity contribution is 5.75. The number of alkyl halides is 3. The number of nitrogens with zero attached hydrogens (tertiary/aromatic N) is 1. The number of esters is 1. The summed E-state index contributed by atoms with van der Waals surface area (Å²) in [7, 11) is 3.76. The van der Waals surface area contributed by atoms with Crippen LogP contribution < -0.4 is 0 Å². The Morgan fingerprint density at radius 2 is 2.08 bits per heavy atom. The molecule has 25 heavy (non-hydrogen) atoms. The lowest BCUT2D eigenvalue weighted by atomic mass is 9.80. The number of epoxide rings is 1. The first-order valence-corrected chi connectivity index (χ1v) is 8.87. The van der Waals surface area contributed by atoms with Gasteiger partial charge in [0.05, 0.1) is 17.9 Å². The highest BCUT2D eigenvalue weighted by Crippen LogP contribution is 2.50. The van der Waals surface area contributed by atoms with Gasteiger partial charge in [-0.05, 0) is 46.7 Å². The van der Waals surface area contributed by atoms with Crippen molar-refractivity contribution < 1.29 is 27.4 Å². The summed E-state index contributed by atoms with van der Waals surface area (Å²) in [5.41, 5.74) is 0.0183. The van der Waals surface area contributed by atoms with E-state index in [1.165, 1.54) is 0 Å². The molecule has 4 nitrogen and oxygen atoms in total. The fraction of sp³-hybridized carbons (Fsp3) is 0.833. The van der Waals surface area contributed by atoms with Gasteiger partial charge in [0.1, 0.15) is 12.2 Å². The molecular weight excluding hydrogens is 335 g/mol. The average Bonchev–Trinajstić information content (AvgIpc) is 3.03. The molecule has 2 heterocycles. The van der Waals surface area contributed by atoms with Crippen molar-refractivity contribution in [3.8, 4) is 0 Å². The summed E-state index contributed by atoms with van der Waals surface area (Å²) in [6, 6.07) is 0. The first kappa shape index (κ1) is 18.7. The minimum Gasteiger partial charge on any atom is -0.459 e. The van der Waals surface area contributed by atoms with Crippen LogP contribution in [-0.4, -0.2) is 55.5 Å². The van der Waals surface area contributed by atoms with Gasteiger partial charge in [0, 0.05) is 12.5 Å². The van der Waals surface area contributed by atoms with Crippen LogP contribution in [0.5, 0.6) is 0 Å². The quantitative estimate of drug-likeness (QED) is 0.439. The first-order valence-electron chi connectivity index (χ1n) is 8.87. The summed E-state index contributed by atoms with van der Waals surface area (Å²) in [4.78, 5) is 14.3. The van der Waals surface area contributed by atoms with Gasteiger partial charge in [0.25, 0.3) is 0 Å². The van der Waals surface area contributed by atoms with Crippen LogP contribution in [0.25, 0.3) is 0 Å². The number of halogens is 3. The molecule has 2 aliphatic heterocycles. The van der Waals surface area contributed by atoms with E-state index in [0.29, 0.717) is 37.8 Å². The maximum atomic E-state index is 12.8. The molecule has 0 spiro atoms. The molecule has 0 aromatic carbocycles. The minimum absolute atomic E-state index is 0.101.